The zero-order valence-corrected chi connectivity index (χ0v) is 47.3. The van der Waals surface area contributed by atoms with Crippen LogP contribution in [0, 0.1) is 0 Å². The number of rotatable bonds is 38. The van der Waals surface area contributed by atoms with Gasteiger partial charge in [0.05, 0.1) is 18.2 Å². The summed E-state index contributed by atoms with van der Waals surface area (Å²) in [4.78, 5) is 113. The third-order valence-corrected chi connectivity index (χ3v) is 14.3. The van der Waals surface area contributed by atoms with Gasteiger partial charge in [0.1, 0.15) is 29.6 Å². The van der Waals surface area contributed by atoms with E-state index in [1.165, 1.54) is 0 Å². The van der Waals surface area contributed by atoms with Crippen molar-refractivity contribution in [1.82, 2.24) is 57.1 Å². The van der Waals surface area contributed by atoms with Crippen molar-refractivity contribution in [2.75, 3.05) is 35.4 Å². The highest BCUT2D eigenvalue weighted by molar-refractivity contribution is 7.80. The molecule has 14 N–H and O–H groups in total. The van der Waals surface area contributed by atoms with Crippen LogP contribution in [0.25, 0.3) is 0 Å². The third-order valence-electron chi connectivity index (χ3n) is 12.6. The van der Waals surface area contributed by atoms with E-state index in [1.54, 1.807) is 59.4 Å². The summed E-state index contributed by atoms with van der Waals surface area (Å²) in [6, 6.07) is 8.04. The highest BCUT2D eigenvalue weighted by Gasteiger charge is 2.31. The summed E-state index contributed by atoms with van der Waals surface area (Å²) in [5.74, 6) is -7.02. The van der Waals surface area contributed by atoms with E-state index in [0.717, 1.165) is 22.5 Å². The molecule has 29 nitrogen and oxygen atoms in total. The number of nitrogens with zero attached hydrogens (tertiary/aromatic N) is 5. The first-order valence-electron chi connectivity index (χ1n) is 26.0. The number of aryl methyl sites for hydroxylation is 2. The normalized spacial score (nSPS) is 13.0. The maximum Gasteiger partial charge on any atom is 0.327 e. The number of hydrogen-bond donors (Lipinski definition) is 14. The van der Waals surface area contributed by atoms with Crippen LogP contribution in [0.3, 0.4) is 0 Å². The number of benzene rings is 2. The fourth-order valence-electron chi connectivity index (χ4n) is 8.08. The smallest absolute Gasteiger partial charge is 0.327 e. The number of phenols is 2. The summed E-state index contributed by atoms with van der Waals surface area (Å²) in [7, 11) is 0. The number of carboxylic acids is 2. The van der Waals surface area contributed by atoms with E-state index in [-0.39, 0.29) is 97.5 Å². The maximum atomic E-state index is 13.5. The number of carbonyl (C=O) groups excluding carboxylic acids is 7. The van der Waals surface area contributed by atoms with E-state index < -0.39 is 88.7 Å². The van der Waals surface area contributed by atoms with Crippen LogP contribution in [-0.2, 0) is 72.8 Å². The second-order valence-corrected chi connectivity index (χ2v) is 21.0. The van der Waals surface area contributed by atoms with Crippen LogP contribution in [0.5, 0.6) is 11.5 Å². The van der Waals surface area contributed by atoms with Crippen molar-refractivity contribution in [2.45, 2.75) is 133 Å². The second-order valence-electron chi connectivity index (χ2n) is 19.0. The first-order chi connectivity index (χ1) is 39.0. The number of nitrogens with two attached hydrogens (primary N) is 1. The lowest BCUT2D eigenvalue weighted by molar-refractivity contribution is -0.143. The molecule has 82 heavy (non-hydrogen) atoms. The number of carboxylic acid groups (broad SMARTS) is 2. The zero-order chi connectivity index (χ0) is 60.2. The van der Waals surface area contributed by atoms with Gasteiger partial charge in [0.25, 0.3) is 0 Å². The van der Waals surface area contributed by atoms with Crippen LogP contribution in [0.2, 0.25) is 0 Å². The summed E-state index contributed by atoms with van der Waals surface area (Å²) in [6.45, 7) is 2.40. The molecule has 2 heterocycles. The maximum absolute atomic E-state index is 13.5. The number of hydrogen-bond acceptors (Lipinski definition) is 20. The molecule has 0 saturated heterocycles. The lowest BCUT2D eigenvalue weighted by atomic mass is 9.73. The average molecular weight is 1200 g/mol. The van der Waals surface area contributed by atoms with E-state index >= 15 is 0 Å². The molecule has 4 aromatic rings. The van der Waals surface area contributed by atoms with Crippen molar-refractivity contribution in [1.29, 1.82) is 0 Å². The number of amides is 7. The molecule has 0 saturated carbocycles. The van der Waals surface area contributed by atoms with Crippen LogP contribution in [0.1, 0.15) is 107 Å². The van der Waals surface area contributed by atoms with Crippen LogP contribution < -0.4 is 47.7 Å². The Morgan fingerprint density at radius 3 is 1.89 bits per heavy atom. The van der Waals surface area contributed by atoms with Crippen molar-refractivity contribution in [3.8, 4) is 11.5 Å². The number of aromatic hydroxyl groups is 2. The van der Waals surface area contributed by atoms with Crippen molar-refractivity contribution >= 4 is 98.8 Å². The number of nitrogens with one attached hydrogen (secondary N) is 8. The standard InChI is InChI=1S/C50H70N14O15S3/c1-50(30-11-15-33(65)16-12-30,31-13-17-34(66)18-14-31)22-19-39(67)52-24-20-40(68)53-25-21-42(70)55-36(9-3-5-26-64-28-32(59-63-64)7-6-10-41(69)58-48-60-61-49(81-48)62-82(78)79)45(74)54-23-4-2-8-35(51)44(73)56-37(27-43(71)72)46(75)57-38(29-80)47(76)77/h11-18,28,35-38,65-66,80H,2-10,19-27,29,51H2,1H3,(H,52,67)(H,53,68)(H,54,74)(H,55,70)(H,56,73)(H,57,75)(H,61,62)(H,71,72)(H,76,77)(H,78,79)(H,58,60,69)/p-1/t35-,36-,37-,38-/m0/s1. The Balaban J connectivity index is 1.24. The molecule has 5 atom stereocenters. The summed E-state index contributed by atoms with van der Waals surface area (Å²) < 4.78 is 25.2. The molecule has 0 aliphatic carbocycles. The van der Waals surface area contributed by atoms with Gasteiger partial charge in [0, 0.05) is 80.5 Å². The second kappa shape index (κ2) is 34.5. The van der Waals surface area contributed by atoms with E-state index in [4.69, 9.17) is 5.73 Å². The summed E-state index contributed by atoms with van der Waals surface area (Å²) in [5, 5.41) is 71.8. The molecule has 0 bridgehead atoms. The number of unbranched alkanes of at least 4 members (excludes halogenated alkanes) is 2. The Hall–Kier alpha value is -7.81. The van der Waals surface area contributed by atoms with Crippen molar-refractivity contribution in [3.05, 3.63) is 71.5 Å². The molecule has 7 amide bonds. The highest BCUT2D eigenvalue weighted by Crippen LogP contribution is 2.38. The Morgan fingerprint density at radius 1 is 0.683 bits per heavy atom. The molecule has 448 valence electrons. The van der Waals surface area contributed by atoms with Gasteiger partial charge < -0.3 is 67.9 Å². The van der Waals surface area contributed by atoms with Crippen LogP contribution >= 0.6 is 24.0 Å². The molecular weight excluding hydrogens is 1130 g/mol. The first kappa shape index (κ1) is 66.7. The molecule has 2 aromatic carbocycles. The Morgan fingerprint density at radius 2 is 1.28 bits per heavy atom. The van der Waals surface area contributed by atoms with Gasteiger partial charge >= 0.3 is 11.9 Å². The topological polar surface area (TPSA) is 453 Å². The monoisotopic (exact) mass is 1200 g/mol. The zero-order valence-electron chi connectivity index (χ0n) is 44.8. The summed E-state index contributed by atoms with van der Waals surface area (Å²) in [6.07, 6.45) is 3.82. The number of aromatic nitrogens is 5. The summed E-state index contributed by atoms with van der Waals surface area (Å²) >= 11 is 2.13. The number of anilines is 2. The molecule has 0 spiro atoms. The molecule has 2 aromatic heterocycles. The van der Waals surface area contributed by atoms with Crippen molar-refractivity contribution in [2.24, 2.45) is 5.73 Å². The van der Waals surface area contributed by atoms with Gasteiger partial charge in [0.2, 0.25) is 51.6 Å². The van der Waals surface area contributed by atoms with Gasteiger partial charge in [-0.1, -0.05) is 47.7 Å². The first-order valence-corrected chi connectivity index (χ1v) is 28.6. The van der Waals surface area contributed by atoms with E-state index in [9.17, 15) is 72.3 Å². The van der Waals surface area contributed by atoms with Gasteiger partial charge in [0.15, 0.2) is 0 Å². The predicted octanol–water partition coefficient (Wildman–Crippen LogP) is 0.235. The van der Waals surface area contributed by atoms with Gasteiger partial charge in [-0.15, -0.1) is 15.3 Å². The van der Waals surface area contributed by atoms with Gasteiger partial charge in [-0.25, -0.2) is 4.79 Å². The minimum Gasteiger partial charge on any atom is -0.755 e. The lowest BCUT2D eigenvalue weighted by Crippen LogP contribution is -2.55. The van der Waals surface area contributed by atoms with Crippen LogP contribution in [0.4, 0.5) is 10.3 Å². The third kappa shape index (κ3) is 24.1. The molecule has 32 heteroatoms. The highest BCUT2D eigenvalue weighted by atomic mass is 32.2. The molecule has 1 unspecified atom stereocenters. The number of aliphatic carboxylic acids is 2. The SMILES string of the molecule is CC(CCC(=O)NCCC(=O)NCCC(=O)N[C@@H](CCCCn1cc(CCCC(=O)Nc2nnc(NS(=O)[O-])s2)nn1)C(=O)NCCCC[C@H](N)C(=O)N[C@@H](CC(=O)O)C(=O)N[C@@H](CS)C(=O)O)(c1ccc(O)cc1)c1ccc(O)cc1. The largest absolute Gasteiger partial charge is 0.755 e. The molecule has 0 radical (unpaired) electrons. The van der Waals surface area contributed by atoms with Gasteiger partial charge in [-0.2, -0.15) is 12.6 Å². The molecule has 0 aliphatic heterocycles. The van der Waals surface area contributed by atoms with E-state index in [1.807, 2.05) is 6.92 Å². The molecule has 0 aliphatic rings. The number of thiol groups is 1. The number of carbonyl (C=O) groups is 9. The summed E-state index contributed by atoms with van der Waals surface area (Å²) in [5.41, 5.74) is 7.68. The molecular formula is C50H69N14O15S3-. The minimum absolute atomic E-state index is 0.00397. The molecule has 0 fully saturated rings. The predicted molar refractivity (Wildman–Crippen MR) is 299 cm³/mol. The van der Waals surface area contributed by atoms with Crippen LogP contribution in [0.15, 0.2) is 54.7 Å². The minimum atomic E-state index is -2.59. The lowest BCUT2D eigenvalue weighted by Gasteiger charge is -2.31. The number of phenolic OH excluding ortho intramolecular Hbond substituents is 2. The van der Waals surface area contributed by atoms with Gasteiger partial charge in [-0.3, -0.25) is 52.0 Å². The Labute approximate surface area is 483 Å². The Kier molecular flexibility index (Phi) is 28.0. The van der Waals surface area contributed by atoms with E-state index in [2.05, 4.69) is 75.1 Å². The van der Waals surface area contributed by atoms with Gasteiger partial charge in [-0.05, 0) is 93.2 Å². The van der Waals surface area contributed by atoms with Crippen molar-refractivity contribution < 1.29 is 72.3 Å². The molecule has 4 rings (SSSR count). The fraction of sp³-hybridized carbons (Fsp3) is 0.500. The van der Waals surface area contributed by atoms with Crippen LogP contribution in [-0.4, -0.2) is 157 Å². The fourth-order valence-corrected chi connectivity index (χ4v) is 9.39. The van der Waals surface area contributed by atoms with E-state index in [0.29, 0.717) is 57.2 Å². The Bertz CT molecular complexity index is 2760. The van der Waals surface area contributed by atoms with Crippen molar-refractivity contribution in [3.63, 3.8) is 0 Å². The quantitative estimate of drug-likeness (QED) is 0.0162. The average Bonchev–Trinajstić information content (AvgIpc) is 3.55.